The zero-order valence-corrected chi connectivity index (χ0v) is 17.9. The van der Waals surface area contributed by atoms with Crippen molar-refractivity contribution in [3.8, 4) is 16.9 Å². The van der Waals surface area contributed by atoms with Crippen LogP contribution in [0.15, 0.2) is 97.3 Å². The van der Waals surface area contributed by atoms with E-state index in [2.05, 4.69) is 64.0 Å². The Kier molecular flexibility index (Phi) is 5.48. The standard InChI is InChI=1S/C27H25N3O2/c1-27(19-31-23-10-6-3-7-11-23)18-24(26-28-16-17-29-26)25(30-32-27)22-14-12-21(13-15-22)20-8-4-2-5-9-20/h2-17,30H,18-19H2,1H3,(H,28,29). The van der Waals surface area contributed by atoms with Gasteiger partial charge >= 0.3 is 0 Å². The number of hydroxylamine groups is 1. The van der Waals surface area contributed by atoms with Gasteiger partial charge in [0, 0.05) is 30.0 Å². The molecule has 0 saturated carbocycles. The Balaban J connectivity index is 1.43. The molecule has 5 heteroatoms. The van der Waals surface area contributed by atoms with E-state index < -0.39 is 5.60 Å². The molecule has 32 heavy (non-hydrogen) atoms. The molecule has 0 fully saturated rings. The van der Waals surface area contributed by atoms with Crippen molar-refractivity contribution in [3.63, 3.8) is 0 Å². The summed E-state index contributed by atoms with van der Waals surface area (Å²) in [6, 6.07) is 28.6. The summed E-state index contributed by atoms with van der Waals surface area (Å²) in [4.78, 5) is 13.9. The summed E-state index contributed by atoms with van der Waals surface area (Å²) in [5.74, 6) is 1.65. The number of imidazole rings is 1. The first kappa shape index (κ1) is 20.1. The van der Waals surface area contributed by atoms with Crippen LogP contribution in [0, 0.1) is 0 Å². The zero-order valence-electron chi connectivity index (χ0n) is 17.9. The number of ether oxygens (including phenoxy) is 1. The predicted octanol–water partition coefficient (Wildman–Crippen LogP) is 5.71. The van der Waals surface area contributed by atoms with Crippen LogP contribution < -0.4 is 10.2 Å². The van der Waals surface area contributed by atoms with Gasteiger partial charge in [-0.05, 0) is 30.2 Å². The van der Waals surface area contributed by atoms with Gasteiger partial charge in [0.05, 0.1) is 5.70 Å². The Labute approximate surface area is 187 Å². The van der Waals surface area contributed by atoms with E-state index in [-0.39, 0.29) is 0 Å². The van der Waals surface area contributed by atoms with Crippen molar-refractivity contribution < 1.29 is 9.57 Å². The van der Waals surface area contributed by atoms with Gasteiger partial charge in [0.15, 0.2) is 0 Å². The van der Waals surface area contributed by atoms with E-state index in [0.717, 1.165) is 28.4 Å². The highest BCUT2D eigenvalue weighted by atomic mass is 16.7. The molecule has 0 spiro atoms. The fourth-order valence-electron chi connectivity index (χ4n) is 3.89. The molecule has 3 aromatic carbocycles. The van der Waals surface area contributed by atoms with Gasteiger partial charge in [-0.1, -0.05) is 72.8 Å². The quantitative estimate of drug-likeness (QED) is 0.417. The molecule has 0 saturated heterocycles. The number of aromatic amines is 1. The Morgan fingerprint density at radius 3 is 2.22 bits per heavy atom. The number of nitrogens with one attached hydrogen (secondary N) is 2. The topological polar surface area (TPSA) is 59.2 Å². The van der Waals surface area contributed by atoms with Crippen molar-refractivity contribution in [2.45, 2.75) is 18.9 Å². The van der Waals surface area contributed by atoms with Gasteiger partial charge in [0.1, 0.15) is 23.8 Å². The molecule has 1 atom stereocenters. The molecule has 0 bridgehead atoms. The third-order valence-electron chi connectivity index (χ3n) is 5.60. The average molecular weight is 424 g/mol. The molecule has 0 radical (unpaired) electrons. The second-order valence-corrected chi connectivity index (χ2v) is 8.17. The fraction of sp³-hybridized carbons (Fsp3) is 0.148. The molecule has 4 aromatic rings. The van der Waals surface area contributed by atoms with E-state index in [0.29, 0.717) is 13.0 Å². The van der Waals surface area contributed by atoms with Crippen LogP contribution in [0.1, 0.15) is 24.7 Å². The number of rotatable bonds is 6. The Hall–Kier alpha value is -3.83. The van der Waals surface area contributed by atoms with Crippen LogP contribution in [0.3, 0.4) is 0 Å². The minimum atomic E-state index is -0.550. The highest BCUT2D eigenvalue weighted by Crippen LogP contribution is 2.36. The summed E-state index contributed by atoms with van der Waals surface area (Å²) >= 11 is 0. The van der Waals surface area contributed by atoms with Crippen molar-refractivity contribution in [1.29, 1.82) is 0 Å². The maximum absolute atomic E-state index is 6.12. The molecule has 0 aliphatic carbocycles. The van der Waals surface area contributed by atoms with Crippen LogP contribution in [0.5, 0.6) is 5.75 Å². The SMILES string of the molecule is CC1(COc2ccccc2)CC(c2ncc[nH]2)=C(c2ccc(-c3ccccc3)cc2)NO1. The van der Waals surface area contributed by atoms with Crippen LogP contribution >= 0.6 is 0 Å². The molecule has 1 unspecified atom stereocenters. The number of benzene rings is 3. The lowest BCUT2D eigenvalue weighted by Gasteiger charge is -2.36. The summed E-state index contributed by atoms with van der Waals surface area (Å²) in [6.07, 6.45) is 4.26. The maximum Gasteiger partial charge on any atom is 0.135 e. The molecule has 160 valence electrons. The van der Waals surface area contributed by atoms with Crippen LogP contribution in [0.25, 0.3) is 22.4 Å². The van der Waals surface area contributed by atoms with E-state index in [1.807, 2.05) is 49.5 Å². The van der Waals surface area contributed by atoms with Crippen molar-refractivity contribution >= 4 is 11.3 Å². The van der Waals surface area contributed by atoms with Crippen LogP contribution in [-0.2, 0) is 4.84 Å². The monoisotopic (exact) mass is 423 g/mol. The summed E-state index contributed by atoms with van der Waals surface area (Å²) < 4.78 is 6.00. The van der Waals surface area contributed by atoms with Gasteiger partial charge in [-0.15, -0.1) is 0 Å². The summed E-state index contributed by atoms with van der Waals surface area (Å²) in [7, 11) is 0. The van der Waals surface area contributed by atoms with E-state index in [1.165, 1.54) is 11.1 Å². The summed E-state index contributed by atoms with van der Waals surface area (Å²) in [6.45, 7) is 2.45. The number of H-pyrrole nitrogens is 1. The maximum atomic E-state index is 6.12. The molecule has 2 heterocycles. The lowest BCUT2D eigenvalue weighted by molar-refractivity contribution is -0.0979. The summed E-state index contributed by atoms with van der Waals surface area (Å²) in [5, 5.41) is 0. The first-order valence-electron chi connectivity index (χ1n) is 10.7. The number of hydrogen-bond donors (Lipinski definition) is 2. The smallest absolute Gasteiger partial charge is 0.135 e. The average Bonchev–Trinajstić information content (AvgIpc) is 3.39. The molecular weight excluding hydrogens is 398 g/mol. The Bertz CT molecular complexity index is 1190. The third-order valence-corrected chi connectivity index (χ3v) is 5.60. The minimum absolute atomic E-state index is 0.411. The first-order chi connectivity index (χ1) is 15.7. The van der Waals surface area contributed by atoms with Gasteiger partial charge in [0.2, 0.25) is 0 Å². The Morgan fingerprint density at radius 2 is 1.53 bits per heavy atom. The summed E-state index contributed by atoms with van der Waals surface area (Å²) in [5.41, 5.74) is 8.04. The van der Waals surface area contributed by atoms with E-state index >= 15 is 0 Å². The van der Waals surface area contributed by atoms with Crippen LogP contribution in [-0.4, -0.2) is 22.2 Å². The minimum Gasteiger partial charge on any atom is -0.490 e. The number of hydrogen-bond acceptors (Lipinski definition) is 4. The second-order valence-electron chi connectivity index (χ2n) is 8.17. The molecule has 5 rings (SSSR count). The molecule has 2 N–H and O–H groups in total. The highest BCUT2D eigenvalue weighted by Gasteiger charge is 2.36. The second kappa shape index (κ2) is 8.73. The Morgan fingerprint density at radius 1 is 0.875 bits per heavy atom. The van der Waals surface area contributed by atoms with E-state index in [4.69, 9.17) is 9.57 Å². The van der Waals surface area contributed by atoms with Crippen LogP contribution in [0.4, 0.5) is 0 Å². The first-order valence-corrected chi connectivity index (χ1v) is 10.7. The van der Waals surface area contributed by atoms with Gasteiger partial charge in [0.25, 0.3) is 0 Å². The molecule has 1 aromatic heterocycles. The van der Waals surface area contributed by atoms with Crippen molar-refractivity contribution in [3.05, 3.63) is 109 Å². The normalized spacial score (nSPS) is 18.3. The molecule has 1 aliphatic heterocycles. The molecule has 0 amide bonds. The largest absolute Gasteiger partial charge is 0.490 e. The molecule has 1 aliphatic rings. The number of aromatic nitrogens is 2. The number of nitrogens with zero attached hydrogens (tertiary/aromatic N) is 1. The van der Waals surface area contributed by atoms with Gasteiger partial charge < -0.3 is 9.72 Å². The third kappa shape index (κ3) is 4.29. The molecule has 5 nitrogen and oxygen atoms in total. The van der Waals surface area contributed by atoms with Gasteiger partial charge in [-0.25, -0.2) is 4.98 Å². The zero-order chi connectivity index (χ0) is 21.8. The van der Waals surface area contributed by atoms with E-state index in [1.54, 1.807) is 6.20 Å². The van der Waals surface area contributed by atoms with Crippen molar-refractivity contribution in [2.24, 2.45) is 0 Å². The van der Waals surface area contributed by atoms with Gasteiger partial charge in [-0.2, -0.15) is 0 Å². The highest BCUT2D eigenvalue weighted by molar-refractivity contribution is 5.89. The van der Waals surface area contributed by atoms with Crippen LogP contribution in [0.2, 0.25) is 0 Å². The number of para-hydroxylation sites is 1. The lowest BCUT2D eigenvalue weighted by atomic mass is 9.91. The fourth-order valence-corrected chi connectivity index (χ4v) is 3.89. The predicted molar refractivity (Wildman–Crippen MR) is 126 cm³/mol. The van der Waals surface area contributed by atoms with Crippen molar-refractivity contribution in [1.82, 2.24) is 15.4 Å². The van der Waals surface area contributed by atoms with Crippen molar-refractivity contribution in [2.75, 3.05) is 6.61 Å². The molecular formula is C27H25N3O2. The van der Waals surface area contributed by atoms with Gasteiger partial charge in [-0.3, -0.25) is 10.3 Å². The van der Waals surface area contributed by atoms with E-state index in [9.17, 15) is 0 Å². The lowest BCUT2D eigenvalue weighted by Crippen LogP contribution is -2.44.